The van der Waals surface area contributed by atoms with E-state index in [-0.39, 0.29) is 5.02 Å². The number of hydrogen-bond donors (Lipinski definition) is 1. The van der Waals surface area contributed by atoms with Gasteiger partial charge in [0.05, 0.1) is 0 Å². The standard InChI is InChI=1S/C8H4ClF3O3/c9-4-1-2-6(5(10)3-4)15-8(11,12)7(13)14/h1-3H,(H,13,14). The van der Waals surface area contributed by atoms with E-state index in [1.165, 1.54) is 0 Å². The molecule has 3 nitrogen and oxygen atoms in total. The number of aliphatic carboxylic acids is 1. The summed E-state index contributed by atoms with van der Waals surface area (Å²) in [6.45, 7) is 0. The van der Waals surface area contributed by atoms with Gasteiger partial charge in [-0.15, -0.1) is 0 Å². The number of benzene rings is 1. The lowest BCUT2D eigenvalue weighted by atomic mass is 10.3. The third-order valence-corrected chi connectivity index (χ3v) is 1.62. The Kier molecular flexibility index (Phi) is 3.09. The van der Waals surface area contributed by atoms with Crippen LogP contribution in [0.4, 0.5) is 13.2 Å². The summed E-state index contributed by atoms with van der Waals surface area (Å²) >= 11 is 5.35. The fourth-order valence-electron chi connectivity index (χ4n) is 0.740. The Morgan fingerprint density at radius 1 is 1.47 bits per heavy atom. The molecule has 0 aliphatic heterocycles. The first-order valence-corrected chi connectivity index (χ1v) is 3.96. The molecule has 7 heteroatoms. The van der Waals surface area contributed by atoms with Crippen molar-refractivity contribution in [2.75, 3.05) is 0 Å². The van der Waals surface area contributed by atoms with E-state index >= 15 is 0 Å². The van der Waals surface area contributed by atoms with E-state index in [4.69, 9.17) is 16.7 Å². The zero-order chi connectivity index (χ0) is 11.6. The number of carboxylic acid groups (broad SMARTS) is 1. The Morgan fingerprint density at radius 2 is 2.07 bits per heavy atom. The quantitative estimate of drug-likeness (QED) is 0.883. The number of halogens is 4. The lowest BCUT2D eigenvalue weighted by Crippen LogP contribution is -2.35. The molecule has 1 rings (SSSR count). The summed E-state index contributed by atoms with van der Waals surface area (Å²) in [6.07, 6.45) is -4.48. The predicted molar refractivity (Wildman–Crippen MR) is 44.6 cm³/mol. The zero-order valence-corrected chi connectivity index (χ0v) is 7.76. The van der Waals surface area contributed by atoms with Crippen LogP contribution in [-0.2, 0) is 4.79 Å². The molecule has 0 saturated carbocycles. The van der Waals surface area contributed by atoms with Crippen LogP contribution in [0.15, 0.2) is 18.2 Å². The van der Waals surface area contributed by atoms with Crippen LogP contribution < -0.4 is 4.74 Å². The lowest BCUT2D eigenvalue weighted by molar-refractivity contribution is -0.211. The van der Waals surface area contributed by atoms with Gasteiger partial charge in [-0.05, 0) is 18.2 Å². The van der Waals surface area contributed by atoms with Gasteiger partial charge in [0.15, 0.2) is 11.6 Å². The molecular weight excluding hydrogens is 237 g/mol. The first kappa shape index (κ1) is 11.6. The van der Waals surface area contributed by atoms with Gasteiger partial charge in [0, 0.05) is 5.02 Å². The average molecular weight is 241 g/mol. The minimum Gasteiger partial charge on any atom is -0.474 e. The number of hydrogen-bond acceptors (Lipinski definition) is 2. The number of carbonyl (C=O) groups is 1. The van der Waals surface area contributed by atoms with E-state index < -0.39 is 23.6 Å². The van der Waals surface area contributed by atoms with Crippen molar-refractivity contribution in [3.8, 4) is 5.75 Å². The van der Waals surface area contributed by atoms with Crippen molar-refractivity contribution in [1.82, 2.24) is 0 Å². The molecule has 0 aliphatic carbocycles. The molecule has 0 radical (unpaired) electrons. The molecule has 0 saturated heterocycles. The molecule has 0 aromatic heterocycles. The van der Waals surface area contributed by atoms with E-state index in [1.54, 1.807) is 0 Å². The average Bonchev–Trinajstić information content (AvgIpc) is 2.09. The first-order valence-electron chi connectivity index (χ1n) is 3.58. The molecule has 0 aliphatic rings. The van der Waals surface area contributed by atoms with E-state index in [2.05, 4.69) is 4.74 Å². The molecule has 82 valence electrons. The van der Waals surface area contributed by atoms with Crippen LogP contribution in [0.3, 0.4) is 0 Å². The molecule has 1 N–H and O–H groups in total. The molecule has 0 fully saturated rings. The molecule has 1 aromatic rings. The highest BCUT2D eigenvalue weighted by atomic mass is 35.5. The van der Waals surface area contributed by atoms with Crippen molar-refractivity contribution in [3.05, 3.63) is 29.0 Å². The maximum atomic E-state index is 12.9. The fourth-order valence-corrected chi connectivity index (χ4v) is 0.899. The zero-order valence-electron chi connectivity index (χ0n) is 7.01. The van der Waals surface area contributed by atoms with E-state index in [1.807, 2.05) is 0 Å². The number of carboxylic acids is 1. The molecule has 0 bridgehead atoms. The Labute approximate surface area is 87.0 Å². The summed E-state index contributed by atoms with van der Waals surface area (Å²) in [5.41, 5.74) is 0. The van der Waals surface area contributed by atoms with Crippen LogP contribution in [0.2, 0.25) is 5.02 Å². The highest BCUT2D eigenvalue weighted by molar-refractivity contribution is 6.30. The van der Waals surface area contributed by atoms with Gasteiger partial charge in [-0.25, -0.2) is 9.18 Å². The van der Waals surface area contributed by atoms with E-state index in [0.717, 1.165) is 18.2 Å². The highest BCUT2D eigenvalue weighted by Crippen LogP contribution is 2.26. The normalized spacial score (nSPS) is 11.2. The SMILES string of the molecule is O=C(O)C(F)(F)Oc1ccc(Cl)cc1F. The summed E-state index contributed by atoms with van der Waals surface area (Å²) in [6, 6.07) is 2.64. The monoisotopic (exact) mass is 240 g/mol. The largest absolute Gasteiger partial charge is 0.502 e. The smallest absolute Gasteiger partial charge is 0.474 e. The fraction of sp³-hybridized carbons (Fsp3) is 0.125. The number of ether oxygens (including phenoxy) is 1. The third-order valence-electron chi connectivity index (χ3n) is 1.38. The minimum absolute atomic E-state index is 0.0153. The molecule has 0 heterocycles. The summed E-state index contributed by atoms with van der Waals surface area (Å²) < 4.78 is 41.6. The van der Waals surface area contributed by atoms with E-state index in [9.17, 15) is 18.0 Å². The van der Waals surface area contributed by atoms with Crippen LogP contribution in [0.5, 0.6) is 5.75 Å². The van der Waals surface area contributed by atoms with Gasteiger partial charge < -0.3 is 9.84 Å². The van der Waals surface area contributed by atoms with Crippen LogP contribution in [-0.4, -0.2) is 17.2 Å². The van der Waals surface area contributed by atoms with Gasteiger partial charge >= 0.3 is 12.1 Å². The maximum Gasteiger partial charge on any atom is 0.502 e. The van der Waals surface area contributed by atoms with Crippen molar-refractivity contribution in [1.29, 1.82) is 0 Å². The summed E-state index contributed by atoms with van der Waals surface area (Å²) in [4.78, 5) is 9.98. The Balaban J connectivity index is 2.95. The van der Waals surface area contributed by atoms with Crippen LogP contribution in [0, 0.1) is 5.82 Å². The highest BCUT2D eigenvalue weighted by Gasteiger charge is 2.43. The second kappa shape index (κ2) is 3.98. The summed E-state index contributed by atoms with van der Waals surface area (Å²) in [7, 11) is 0. The molecule has 15 heavy (non-hydrogen) atoms. The van der Waals surface area contributed by atoms with E-state index in [0.29, 0.717) is 0 Å². The van der Waals surface area contributed by atoms with Crippen molar-refractivity contribution < 1.29 is 27.8 Å². The van der Waals surface area contributed by atoms with Crippen molar-refractivity contribution in [3.63, 3.8) is 0 Å². The van der Waals surface area contributed by atoms with Crippen LogP contribution in [0.25, 0.3) is 0 Å². The van der Waals surface area contributed by atoms with Crippen LogP contribution >= 0.6 is 11.6 Å². The molecule has 0 atom stereocenters. The predicted octanol–water partition coefficient (Wildman–Crippen LogP) is 2.54. The van der Waals surface area contributed by atoms with Gasteiger partial charge in [-0.3, -0.25) is 0 Å². The van der Waals surface area contributed by atoms with Crippen molar-refractivity contribution >= 4 is 17.6 Å². The Bertz CT molecular complexity index is 395. The van der Waals surface area contributed by atoms with Gasteiger partial charge in [-0.2, -0.15) is 8.78 Å². The van der Waals surface area contributed by atoms with Gasteiger partial charge in [0.25, 0.3) is 0 Å². The number of alkyl halides is 2. The molecule has 0 spiro atoms. The molecule has 0 unspecified atom stereocenters. The summed E-state index contributed by atoms with van der Waals surface area (Å²) in [5, 5.41) is 8.01. The molecular formula is C8H4ClF3O3. The summed E-state index contributed by atoms with van der Waals surface area (Å²) in [5.74, 6) is -4.55. The minimum atomic E-state index is -4.48. The van der Waals surface area contributed by atoms with Gasteiger partial charge in [0.2, 0.25) is 0 Å². The van der Waals surface area contributed by atoms with Crippen molar-refractivity contribution in [2.24, 2.45) is 0 Å². The Morgan fingerprint density at radius 3 is 2.53 bits per heavy atom. The molecule has 0 amide bonds. The second-order valence-electron chi connectivity index (χ2n) is 2.50. The number of rotatable bonds is 3. The topological polar surface area (TPSA) is 46.5 Å². The van der Waals surface area contributed by atoms with Gasteiger partial charge in [-0.1, -0.05) is 11.6 Å². The van der Waals surface area contributed by atoms with Crippen molar-refractivity contribution in [2.45, 2.75) is 6.11 Å². The third kappa shape index (κ3) is 2.76. The van der Waals surface area contributed by atoms with Crippen LogP contribution in [0.1, 0.15) is 0 Å². The maximum absolute atomic E-state index is 12.9. The molecule has 1 aromatic carbocycles. The second-order valence-corrected chi connectivity index (χ2v) is 2.94. The van der Waals surface area contributed by atoms with Gasteiger partial charge in [0.1, 0.15) is 0 Å². The Hall–Kier alpha value is -1.43. The first-order chi connectivity index (χ1) is 6.83. The lowest BCUT2D eigenvalue weighted by Gasteiger charge is -2.13.